The maximum atomic E-state index is 6.21. The highest BCUT2D eigenvalue weighted by molar-refractivity contribution is 6.62. The average molecular weight is 344 g/mol. The summed E-state index contributed by atoms with van der Waals surface area (Å²) < 4.78 is 14.6. The molecule has 4 nitrogen and oxygen atoms in total. The molecule has 5 heteroatoms. The first-order valence-corrected chi connectivity index (χ1v) is 9.01. The summed E-state index contributed by atoms with van der Waals surface area (Å²) in [5, 5.41) is 2.35. The monoisotopic (exact) mass is 344 g/mol. The molecule has 1 aliphatic rings. The molecule has 2 aromatic heterocycles. The molecule has 0 unspecified atom stereocenters. The highest BCUT2D eigenvalue weighted by Crippen LogP contribution is 2.36. The van der Waals surface area contributed by atoms with Crippen LogP contribution < -0.4 is 5.46 Å². The Labute approximate surface area is 152 Å². The smallest absolute Gasteiger partial charge is 0.399 e. The Hall–Kier alpha value is -2.37. The van der Waals surface area contributed by atoms with Crippen molar-refractivity contribution in [1.82, 2.24) is 9.38 Å². The van der Waals surface area contributed by atoms with Crippen LogP contribution in [0.4, 0.5) is 0 Å². The molecule has 2 aromatic carbocycles. The Balaban J connectivity index is 1.68. The lowest BCUT2D eigenvalue weighted by Crippen LogP contribution is -2.41. The molecule has 3 heterocycles. The molecule has 1 saturated heterocycles. The molecular formula is C21H21BN2O2. The standard InChI is InChI=1S/C21H21BN2O2/c1-20(2)21(3,4)26-22(25-20)15-9-10-17-18(13-15)24-12-11-14-7-5-6-8-16(14)19(24)23-17/h5-13H,1-4H3. The lowest BCUT2D eigenvalue weighted by molar-refractivity contribution is 0.00578. The van der Waals surface area contributed by atoms with Gasteiger partial charge in [-0.25, -0.2) is 4.98 Å². The number of rotatable bonds is 1. The summed E-state index contributed by atoms with van der Waals surface area (Å²) in [7, 11) is -0.365. The zero-order valence-electron chi connectivity index (χ0n) is 15.5. The molecule has 4 aromatic rings. The van der Waals surface area contributed by atoms with E-state index < -0.39 is 0 Å². The van der Waals surface area contributed by atoms with E-state index in [-0.39, 0.29) is 18.3 Å². The highest BCUT2D eigenvalue weighted by atomic mass is 16.7. The summed E-state index contributed by atoms with van der Waals surface area (Å²) in [5.41, 5.74) is 3.35. The Morgan fingerprint density at radius 2 is 1.65 bits per heavy atom. The number of fused-ring (bicyclic) bond motifs is 5. The van der Waals surface area contributed by atoms with Gasteiger partial charge in [-0.3, -0.25) is 4.40 Å². The minimum absolute atomic E-state index is 0.345. The first kappa shape index (κ1) is 15.9. The fraction of sp³-hybridized carbons (Fsp3) is 0.286. The fourth-order valence-electron chi connectivity index (χ4n) is 3.58. The van der Waals surface area contributed by atoms with Gasteiger partial charge >= 0.3 is 7.12 Å². The Bertz CT molecular complexity index is 1150. The molecule has 0 saturated carbocycles. The molecule has 0 atom stereocenters. The molecule has 1 fully saturated rings. The summed E-state index contributed by atoms with van der Waals surface area (Å²) in [4.78, 5) is 4.85. The van der Waals surface area contributed by atoms with E-state index in [0.29, 0.717) is 0 Å². The Kier molecular flexibility index (Phi) is 3.10. The molecule has 0 N–H and O–H groups in total. The second-order valence-electron chi connectivity index (χ2n) is 8.04. The van der Waals surface area contributed by atoms with E-state index in [1.54, 1.807) is 0 Å². The van der Waals surface area contributed by atoms with E-state index in [2.05, 4.69) is 86.8 Å². The SMILES string of the molecule is CC1(C)OB(c2ccc3nc4c5ccccc5ccn4c3c2)OC1(C)C. The van der Waals surface area contributed by atoms with Crippen molar-refractivity contribution < 1.29 is 9.31 Å². The third-order valence-corrected chi connectivity index (χ3v) is 5.84. The number of benzene rings is 2. The van der Waals surface area contributed by atoms with Crippen molar-refractivity contribution >= 4 is 40.0 Å². The van der Waals surface area contributed by atoms with Crippen molar-refractivity contribution in [2.24, 2.45) is 0 Å². The van der Waals surface area contributed by atoms with Gasteiger partial charge in [-0.2, -0.15) is 0 Å². The van der Waals surface area contributed by atoms with Gasteiger partial charge in [0, 0.05) is 11.6 Å². The molecular weight excluding hydrogens is 323 g/mol. The van der Waals surface area contributed by atoms with E-state index in [4.69, 9.17) is 14.3 Å². The van der Waals surface area contributed by atoms with Crippen LogP contribution >= 0.6 is 0 Å². The van der Waals surface area contributed by atoms with Gasteiger partial charge in [0.2, 0.25) is 0 Å². The third-order valence-electron chi connectivity index (χ3n) is 5.84. The maximum absolute atomic E-state index is 6.21. The number of aromatic nitrogens is 2. The minimum atomic E-state index is -0.365. The fourth-order valence-corrected chi connectivity index (χ4v) is 3.58. The normalized spacial score (nSPS) is 19.0. The summed E-state index contributed by atoms with van der Waals surface area (Å²) in [6, 6.07) is 16.7. The van der Waals surface area contributed by atoms with E-state index in [1.807, 2.05) is 0 Å². The van der Waals surface area contributed by atoms with Crippen LogP contribution in [-0.4, -0.2) is 27.7 Å². The lowest BCUT2D eigenvalue weighted by Gasteiger charge is -2.32. The van der Waals surface area contributed by atoms with Gasteiger partial charge in [-0.15, -0.1) is 0 Å². The van der Waals surface area contributed by atoms with Crippen LogP contribution in [0.5, 0.6) is 0 Å². The predicted octanol–water partition coefficient (Wildman–Crippen LogP) is 3.94. The van der Waals surface area contributed by atoms with Gasteiger partial charge < -0.3 is 9.31 Å². The van der Waals surface area contributed by atoms with Crippen LogP contribution in [-0.2, 0) is 9.31 Å². The third kappa shape index (κ3) is 2.14. The number of hydrogen-bond acceptors (Lipinski definition) is 3. The van der Waals surface area contributed by atoms with Crippen LogP contribution in [0.15, 0.2) is 54.7 Å². The van der Waals surface area contributed by atoms with E-state index in [1.165, 1.54) is 5.39 Å². The van der Waals surface area contributed by atoms with Gasteiger partial charge in [0.1, 0.15) is 5.65 Å². The van der Waals surface area contributed by atoms with Crippen LogP contribution in [0.1, 0.15) is 27.7 Å². The number of pyridine rings is 1. The Morgan fingerprint density at radius 3 is 2.42 bits per heavy atom. The molecule has 0 aliphatic carbocycles. The molecule has 1 aliphatic heterocycles. The van der Waals surface area contributed by atoms with Gasteiger partial charge in [-0.05, 0) is 56.7 Å². The molecule has 0 radical (unpaired) electrons. The summed E-state index contributed by atoms with van der Waals surface area (Å²) >= 11 is 0. The van der Waals surface area contributed by atoms with Gasteiger partial charge in [0.05, 0.1) is 22.2 Å². The minimum Gasteiger partial charge on any atom is -0.399 e. The van der Waals surface area contributed by atoms with Crippen molar-refractivity contribution in [2.45, 2.75) is 38.9 Å². The summed E-state index contributed by atoms with van der Waals surface area (Å²) in [6.07, 6.45) is 2.08. The van der Waals surface area contributed by atoms with Crippen LogP contribution in [0.25, 0.3) is 27.5 Å². The largest absolute Gasteiger partial charge is 0.494 e. The zero-order chi connectivity index (χ0) is 18.1. The van der Waals surface area contributed by atoms with Crippen LogP contribution in [0.3, 0.4) is 0 Å². The lowest BCUT2D eigenvalue weighted by atomic mass is 9.79. The van der Waals surface area contributed by atoms with Crippen molar-refractivity contribution in [3.05, 3.63) is 54.7 Å². The number of hydrogen-bond donors (Lipinski definition) is 0. The van der Waals surface area contributed by atoms with E-state index in [9.17, 15) is 0 Å². The summed E-state index contributed by atoms with van der Waals surface area (Å²) in [5.74, 6) is 0. The number of nitrogens with zero attached hydrogens (tertiary/aromatic N) is 2. The van der Waals surface area contributed by atoms with E-state index in [0.717, 1.165) is 27.5 Å². The van der Waals surface area contributed by atoms with Gasteiger partial charge in [-0.1, -0.05) is 30.3 Å². The quantitative estimate of drug-likeness (QED) is 0.491. The second kappa shape index (κ2) is 5.09. The molecule has 130 valence electrons. The molecule has 0 amide bonds. The van der Waals surface area contributed by atoms with Crippen molar-refractivity contribution in [1.29, 1.82) is 0 Å². The molecule has 0 bridgehead atoms. The average Bonchev–Trinajstić information content (AvgIpc) is 3.08. The zero-order valence-corrected chi connectivity index (χ0v) is 15.5. The Morgan fingerprint density at radius 1 is 0.923 bits per heavy atom. The van der Waals surface area contributed by atoms with Crippen molar-refractivity contribution in [2.75, 3.05) is 0 Å². The maximum Gasteiger partial charge on any atom is 0.494 e. The van der Waals surface area contributed by atoms with Crippen molar-refractivity contribution in [3.63, 3.8) is 0 Å². The highest BCUT2D eigenvalue weighted by Gasteiger charge is 2.51. The topological polar surface area (TPSA) is 35.8 Å². The molecule has 0 spiro atoms. The van der Waals surface area contributed by atoms with Crippen LogP contribution in [0, 0.1) is 0 Å². The molecule has 5 rings (SSSR count). The van der Waals surface area contributed by atoms with Gasteiger partial charge in [0.15, 0.2) is 0 Å². The summed E-state index contributed by atoms with van der Waals surface area (Å²) in [6.45, 7) is 8.30. The number of imidazole rings is 1. The second-order valence-corrected chi connectivity index (χ2v) is 8.04. The van der Waals surface area contributed by atoms with Gasteiger partial charge in [0.25, 0.3) is 0 Å². The molecule has 26 heavy (non-hydrogen) atoms. The van der Waals surface area contributed by atoms with Crippen LogP contribution in [0.2, 0.25) is 0 Å². The first-order valence-electron chi connectivity index (χ1n) is 9.01. The van der Waals surface area contributed by atoms with Crippen molar-refractivity contribution in [3.8, 4) is 0 Å². The van der Waals surface area contributed by atoms with E-state index >= 15 is 0 Å². The predicted molar refractivity (Wildman–Crippen MR) is 106 cm³/mol. The first-order chi connectivity index (χ1) is 12.4.